The molecule has 0 radical (unpaired) electrons. The van der Waals surface area contributed by atoms with Crippen LogP contribution in [0.1, 0.15) is 44.9 Å². The number of para-hydroxylation sites is 2. The zero-order valence-corrected chi connectivity index (χ0v) is 17.9. The van der Waals surface area contributed by atoms with Gasteiger partial charge in [-0.05, 0) is 56.2 Å². The predicted molar refractivity (Wildman–Crippen MR) is 117 cm³/mol. The fourth-order valence-electron chi connectivity index (χ4n) is 5.70. The Morgan fingerprint density at radius 3 is 2.52 bits per heavy atom. The summed E-state index contributed by atoms with van der Waals surface area (Å²) in [5.41, 5.74) is 1.20. The number of methoxy groups -OCH3 is 1. The number of carbonyl (C=O) groups excluding carboxylic acids is 1. The molecule has 1 aromatic rings. The highest BCUT2D eigenvalue weighted by atomic mass is 16.5. The van der Waals surface area contributed by atoms with Crippen LogP contribution in [0.2, 0.25) is 0 Å². The van der Waals surface area contributed by atoms with Gasteiger partial charge < -0.3 is 15.0 Å². The summed E-state index contributed by atoms with van der Waals surface area (Å²) in [6.45, 7) is 6.24. The molecule has 0 aromatic heterocycles. The van der Waals surface area contributed by atoms with E-state index in [1.807, 2.05) is 12.1 Å². The Balaban J connectivity index is 1.09. The Kier molecular flexibility index (Phi) is 6.96. The average molecular weight is 400 g/mol. The summed E-state index contributed by atoms with van der Waals surface area (Å²) in [4.78, 5) is 17.4. The fraction of sp³-hybridized carbons (Fsp3) is 0.708. The lowest BCUT2D eigenvalue weighted by atomic mass is 10.0. The van der Waals surface area contributed by atoms with Gasteiger partial charge in [0.2, 0.25) is 5.91 Å². The number of anilines is 1. The molecule has 1 amide bonds. The van der Waals surface area contributed by atoms with Crippen molar-refractivity contribution < 1.29 is 9.53 Å². The van der Waals surface area contributed by atoms with Crippen molar-refractivity contribution in [1.29, 1.82) is 0 Å². The van der Waals surface area contributed by atoms with Crippen molar-refractivity contribution in [2.45, 2.75) is 44.9 Å². The highest BCUT2D eigenvalue weighted by Crippen LogP contribution is 2.46. The lowest BCUT2D eigenvalue weighted by molar-refractivity contribution is -0.125. The number of carbonyl (C=O) groups is 1. The zero-order chi connectivity index (χ0) is 20.1. The van der Waals surface area contributed by atoms with Gasteiger partial charge in [0.15, 0.2) is 0 Å². The minimum atomic E-state index is 0.299. The van der Waals surface area contributed by atoms with Gasteiger partial charge in [0.1, 0.15) is 5.75 Å². The number of piperazine rings is 1. The molecule has 160 valence electrons. The molecule has 1 aromatic carbocycles. The third kappa shape index (κ3) is 5.06. The normalized spacial score (nSPS) is 27.1. The smallest absolute Gasteiger partial charge is 0.223 e. The van der Waals surface area contributed by atoms with E-state index in [0.29, 0.717) is 11.8 Å². The second-order valence-electron chi connectivity index (χ2n) is 9.12. The molecule has 3 fully saturated rings. The van der Waals surface area contributed by atoms with Crippen LogP contribution in [-0.2, 0) is 4.79 Å². The van der Waals surface area contributed by atoms with E-state index >= 15 is 0 Å². The number of amides is 1. The Morgan fingerprint density at radius 2 is 1.79 bits per heavy atom. The number of hydrogen-bond acceptors (Lipinski definition) is 4. The quantitative estimate of drug-likeness (QED) is 0.679. The van der Waals surface area contributed by atoms with Crippen molar-refractivity contribution in [3.63, 3.8) is 0 Å². The van der Waals surface area contributed by atoms with Gasteiger partial charge in [0.25, 0.3) is 0 Å². The molecule has 2 saturated carbocycles. The maximum absolute atomic E-state index is 12.4. The second-order valence-corrected chi connectivity index (χ2v) is 9.12. The van der Waals surface area contributed by atoms with Crippen molar-refractivity contribution in [2.24, 2.45) is 17.8 Å². The van der Waals surface area contributed by atoms with E-state index in [4.69, 9.17) is 4.74 Å². The molecule has 0 spiro atoms. The van der Waals surface area contributed by atoms with Gasteiger partial charge in [-0.1, -0.05) is 31.4 Å². The van der Waals surface area contributed by atoms with Crippen LogP contribution in [0.5, 0.6) is 5.75 Å². The van der Waals surface area contributed by atoms with Crippen molar-refractivity contribution in [3.8, 4) is 5.75 Å². The first kappa shape index (κ1) is 20.5. The van der Waals surface area contributed by atoms with Gasteiger partial charge in [0.05, 0.1) is 12.8 Å². The number of ether oxygens (including phenoxy) is 1. The van der Waals surface area contributed by atoms with Crippen LogP contribution in [0.25, 0.3) is 0 Å². The standard InChI is InChI=1S/C24H37N3O2/c1-29-23-10-3-2-9-22(23)27-15-13-26(14-16-27)12-5-4-11-25-24(28)21-17-19-7-6-8-20(19)18-21/h2-3,9-10,19-21H,4-8,11-18H2,1H3,(H,25,28). The molecule has 2 atom stereocenters. The SMILES string of the molecule is COc1ccccc1N1CCN(CCCCNC(=O)C2CC3CCCC3C2)CC1. The first-order valence-electron chi connectivity index (χ1n) is 11.6. The van der Waals surface area contributed by atoms with E-state index < -0.39 is 0 Å². The predicted octanol–water partition coefficient (Wildman–Crippen LogP) is 3.54. The Morgan fingerprint density at radius 1 is 1.07 bits per heavy atom. The lowest BCUT2D eigenvalue weighted by Crippen LogP contribution is -2.46. The van der Waals surface area contributed by atoms with Gasteiger partial charge in [-0.15, -0.1) is 0 Å². The average Bonchev–Trinajstić information content (AvgIpc) is 3.36. The molecule has 1 saturated heterocycles. The Hall–Kier alpha value is -1.75. The molecule has 1 aliphatic heterocycles. The van der Waals surface area contributed by atoms with Gasteiger partial charge in [-0.25, -0.2) is 0 Å². The molecule has 29 heavy (non-hydrogen) atoms. The third-order valence-electron chi connectivity index (χ3n) is 7.36. The van der Waals surface area contributed by atoms with Gasteiger partial charge in [-0.2, -0.15) is 0 Å². The topological polar surface area (TPSA) is 44.8 Å². The van der Waals surface area contributed by atoms with Crippen molar-refractivity contribution in [2.75, 3.05) is 51.3 Å². The molecule has 0 bridgehead atoms. The first-order valence-corrected chi connectivity index (χ1v) is 11.6. The third-order valence-corrected chi connectivity index (χ3v) is 7.36. The van der Waals surface area contributed by atoms with E-state index in [1.54, 1.807) is 7.11 Å². The second kappa shape index (κ2) is 9.84. The van der Waals surface area contributed by atoms with Crippen LogP contribution in [0.4, 0.5) is 5.69 Å². The van der Waals surface area contributed by atoms with E-state index in [9.17, 15) is 4.79 Å². The van der Waals surface area contributed by atoms with Crippen LogP contribution in [-0.4, -0.2) is 57.2 Å². The van der Waals surface area contributed by atoms with Gasteiger partial charge in [-0.3, -0.25) is 9.69 Å². The molecular formula is C24H37N3O2. The number of benzene rings is 1. The largest absolute Gasteiger partial charge is 0.495 e. The fourth-order valence-corrected chi connectivity index (χ4v) is 5.70. The summed E-state index contributed by atoms with van der Waals surface area (Å²) in [6.07, 6.45) is 8.64. The molecule has 1 N–H and O–H groups in total. The summed E-state index contributed by atoms with van der Waals surface area (Å²) in [6, 6.07) is 8.29. The lowest BCUT2D eigenvalue weighted by Gasteiger charge is -2.36. The maximum atomic E-state index is 12.4. The molecule has 5 heteroatoms. The molecule has 3 aliphatic rings. The Labute approximate surface area is 175 Å². The van der Waals surface area contributed by atoms with Crippen LogP contribution in [0.3, 0.4) is 0 Å². The molecule has 2 unspecified atom stereocenters. The van der Waals surface area contributed by atoms with Crippen molar-refractivity contribution >= 4 is 11.6 Å². The minimum absolute atomic E-state index is 0.299. The monoisotopic (exact) mass is 399 g/mol. The van der Waals surface area contributed by atoms with Crippen LogP contribution < -0.4 is 15.0 Å². The van der Waals surface area contributed by atoms with E-state index in [2.05, 4.69) is 27.2 Å². The minimum Gasteiger partial charge on any atom is -0.495 e. The number of fused-ring (bicyclic) bond motifs is 1. The first-order chi connectivity index (χ1) is 14.2. The summed E-state index contributed by atoms with van der Waals surface area (Å²) in [5.74, 6) is 3.28. The maximum Gasteiger partial charge on any atom is 0.223 e. The van der Waals surface area contributed by atoms with E-state index in [-0.39, 0.29) is 0 Å². The molecule has 2 aliphatic carbocycles. The number of hydrogen-bond donors (Lipinski definition) is 1. The summed E-state index contributed by atoms with van der Waals surface area (Å²) in [7, 11) is 1.74. The number of nitrogens with zero attached hydrogens (tertiary/aromatic N) is 2. The van der Waals surface area contributed by atoms with Crippen LogP contribution >= 0.6 is 0 Å². The molecule has 4 rings (SSSR count). The van der Waals surface area contributed by atoms with E-state index in [0.717, 1.165) is 82.5 Å². The highest BCUT2D eigenvalue weighted by molar-refractivity contribution is 5.79. The Bertz CT molecular complexity index is 660. The highest BCUT2D eigenvalue weighted by Gasteiger charge is 2.39. The molecule has 5 nitrogen and oxygen atoms in total. The summed E-state index contributed by atoms with van der Waals surface area (Å²) >= 11 is 0. The van der Waals surface area contributed by atoms with Crippen LogP contribution in [0, 0.1) is 17.8 Å². The van der Waals surface area contributed by atoms with Gasteiger partial charge in [0, 0.05) is 38.6 Å². The van der Waals surface area contributed by atoms with E-state index in [1.165, 1.54) is 24.9 Å². The van der Waals surface area contributed by atoms with Crippen molar-refractivity contribution in [1.82, 2.24) is 10.2 Å². The number of nitrogens with one attached hydrogen (secondary N) is 1. The zero-order valence-electron chi connectivity index (χ0n) is 17.9. The van der Waals surface area contributed by atoms with Gasteiger partial charge >= 0.3 is 0 Å². The number of unbranched alkanes of at least 4 members (excludes halogenated alkanes) is 1. The molecular weight excluding hydrogens is 362 g/mol. The summed E-state index contributed by atoms with van der Waals surface area (Å²) in [5, 5.41) is 3.21. The summed E-state index contributed by atoms with van der Waals surface area (Å²) < 4.78 is 5.50. The van der Waals surface area contributed by atoms with Crippen LogP contribution in [0.15, 0.2) is 24.3 Å². The number of rotatable bonds is 8. The van der Waals surface area contributed by atoms with Crippen molar-refractivity contribution in [3.05, 3.63) is 24.3 Å². The molecule has 1 heterocycles.